The summed E-state index contributed by atoms with van der Waals surface area (Å²) in [5, 5.41) is 7.60. The number of halogens is 1. The normalized spacial score (nSPS) is 11.9. The number of rotatable bonds is 0. The summed E-state index contributed by atoms with van der Waals surface area (Å²) in [7, 11) is 0. The molecule has 0 aliphatic carbocycles. The van der Waals surface area contributed by atoms with Crippen molar-refractivity contribution >= 4 is 55.1 Å². The van der Waals surface area contributed by atoms with E-state index >= 15 is 0 Å². The SMILES string of the molecule is Clc1cccc2c1oc1c2ccc2ccc3ccccc3c21. The quantitative estimate of drug-likeness (QED) is 0.296. The molecule has 2 heteroatoms. The second kappa shape index (κ2) is 4.25. The van der Waals surface area contributed by atoms with Gasteiger partial charge in [-0.1, -0.05) is 66.2 Å². The fourth-order valence-corrected chi connectivity index (χ4v) is 3.52. The summed E-state index contributed by atoms with van der Waals surface area (Å²) in [6.07, 6.45) is 0. The van der Waals surface area contributed by atoms with Gasteiger partial charge in [0.2, 0.25) is 0 Å². The zero-order chi connectivity index (χ0) is 14.7. The van der Waals surface area contributed by atoms with E-state index in [1.54, 1.807) is 0 Å². The van der Waals surface area contributed by atoms with Gasteiger partial charge in [-0.3, -0.25) is 0 Å². The van der Waals surface area contributed by atoms with Gasteiger partial charge in [-0.05, 0) is 28.3 Å². The highest BCUT2D eigenvalue weighted by atomic mass is 35.5. The molecule has 0 aliphatic rings. The first-order valence-electron chi connectivity index (χ1n) is 7.24. The summed E-state index contributed by atoms with van der Waals surface area (Å²) >= 11 is 6.30. The van der Waals surface area contributed by atoms with Crippen molar-refractivity contribution in [3.05, 3.63) is 71.8 Å². The van der Waals surface area contributed by atoms with Crippen molar-refractivity contribution in [2.45, 2.75) is 0 Å². The Balaban J connectivity index is 2.13. The summed E-state index contributed by atoms with van der Waals surface area (Å²) < 4.78 is 6.17. The molecule has 0 fully saturated rings. The first kappa shape index (κ1) is 12.1. The maximum absolute atomic E-state index is 6.30. The molecule has 22 heavy (non-hydrogen) atoms. The van der Waals surface area contributed by atoms with Crippen LogP contribution in [0, 0.1) is 0 Å². The summed E-state index contributed by atoms with van der Waals surface area (Å²) in [6, 6.07) is 22.9. The van der Waals surface area contributed by atoms with Gasteiger partial charge in [0.25, 0.3) is 0 Å². The van der Waals surface area contributed by atoms with Crippen LogP contribution in [0.2, 0.25) is 5.02 Å². The van der Waals surface area contributed by atoms with Gasteiger partial charge in [-0.25, -0.2) is 0 Å². The van der Waals surface area contributed by atoms with E-state index in [-0.39, 0.29) is 0 Å². The maximum Gasteiger partial charge on any atom is 0.154 e. The summed E-state index contributed by atoms with van der Waals surface area (Å²) in [5.74, 6) is 0. The average molecular weight is 303 g/mol. The van der Waals surface area contributed by atoms with Crippen LogP contribution in [0.15, 0.2) is 71.1 Å². The van der Waals surface area contributed by atoms with E-state index in [9.17, 15) is 0 Å². The van der Waals surface area contributed by atoms with Gasteiger partial charge >= 0.3 is 0 Å². The van der Waals surface area contributed by atoms with Gasteiger partial charge < -0.3 is 4.42 Å². The maximum atomic E-state index is 6.30. The highest BCUT2D eigenvalue weighted by Crippen LogP contribution is 2.39. The Morgan fingerprint density at radius 3 is 2.27 bits per heavy atom. The smallest absolute Gasteiger partial charge is 0.154 e. The van der Waals surface area contributed by atoms with E-state index in [0.717, 1.165) is 27.3 Å². The highest BCUT2D eigenvalue weighted by Gasteiger charge is 2.13. The molecule has 0 saturated heterocycles. The molecule has 0 bridgehead atoms. The van der Waals surface area contributed by atoms with Crippen LogP contribution >= 0.6 is 11.6 Å². The molecule has 0 radical (unpaired) electrons. The highest BCUT2D eigenvalue weighted by molar-refractivity contribution is 6.36. The second-order valence-electron chi connectivity index (χ2n) is 5.55. The lowest BCUT2D eigenvalue weighted by atomic mass is 10.00. The van der Waals surface area contributed by atoms with Crippen LogP contribution in [0.25, 0.3) is 43.5 Å². The molecule has 4 aromatic carbocycles. The molecule has 1 heterocycles. The van der Waals surface area contributed by atoms with Crippen molar-refractivity contribution in [2.24, 2.45) is 0 Å². The van der Waals surface area contributed by atoms with E-state index in [2.05, 4.69) is 54.6 Å². The van der Waals surface area contributed by atoms with Gasteiger partial charge in [-0.2, -0.15) is 0 Å². The predicted molar refractivity (Wildman–Crippen MR) is 93.7 cm³/mol. The minimum absolute atomic E-state index is 0.655. The Hall–Kier alpha value is -2.51. The largest absolute Gasteiger partial charge is 0.454 e. The first-order chi connectivity index (χ1) is 10.8. The molecular weight excluding hydrogens is 292 g/mol. The summed E-state index contributed by atoms with van der Waals surface area (Å²) in [4.78, 5) is 0. The van der Waals surface area contributed by atoms with Crippen molar-refractivity contribution in [2.75, 3.05) is 0 Å². The van der Waals surface area contributed by atoms with Gasteiger partial charge in [0.1, 0.15) is 5.58 Å². The third-order valence-electron chi connectivity index (χ3n) is 4.32. The molecule has 0 saturated carbocycles. The number of fused-ring (bicyclic) bond motifs is 7. The predicted octanol–water partition coefficient (Wildman–Crippen LogP) is 6.55. The Morgan fingerprint density at radius 1 is 0.591 bits per heavy atom. The van der Waals surface area contributed by atoms with Crippen LogP contribution in [0.4, 0.5) is 0 Å². The molecular formula is C20H11ClO. The first-order valence-corrected chi connectivity index (χ1v) is 7.62. The van der Waals surface area contributed by atoms with Crippen LogP contribution in [-0.2, 0) is 0 Å². The van der Waals surface area contributed by atoms with Crippen molar-refractivity contribution in [1.29, 1.82) is 0 Å². The van der Waals surface area contributed by atoms with Crippen LogP contribution in [0.3, 0.4) is 0 Å². The molecule has 5 rings (SSSR count). The molecule has 104 valence electrons. The lowest BCUT2D eigenvalue weighted by molar-refractivity contribution is 0.673. The van der Waals surface area contributed by atoms with E-state index in [1.165, 1.54) is 16.2 Å². The van der Waals surface area contributed by atoms with Crippen molar-refractivity contribution in [1.82, 2.24) is 0 Å². The third kappa shape index (κ3) is 1.49. The van der Waals surface area contributed by atoms with Gasteiger partial charge in [0, 0.05) is 16.2 Å². The van der Waals surface area contributed by atoms with Crippen molar-refractivity contribution < 1.29 is 4.42 Å². The lowest BCUT2D eigenvalue weighted by Crippen LogP contribution is -1.78. The Morgan fingerprint density at radius 2 is 1.32 bits per heavy atom. The van der Waals surface area contributed by atoms with Crippen LogP contribution in [-0.4, -0.2) is 0 Å². The molecule has 5 aromatic rings. The van der Waals surface area contributed by atoms with Gasteiger partial charge in [0.05, 0.1) is 5.02 Å². The standard InChI is InChI=1S/C20H11ClO/c21-17-7-3-6-15-16-11-10-13-9-8-12-4-1-2-5-14(12)18(13)20(16)22-19(15)17/h1-11H. The molecule has 0 N–H and O–H groups in total. The molecule has 0 spiro atoms. The molecule has 0 amide bonds. The van der Waals surface area contributed by atoms with E-state index in [1.807, 2.05) is 12.1 Å². The minimum Gasteiger partial charge on any atom is -0.454 e. The van der Waals surface area contributed by atoms with E-state index in [4.69, 9.17) is 16.0 Å². The number of hydrogen-bond donors (Lipinski definition) is 0. The Bertz CT molecular complexity index is 1180. The second-order valence-corrected chi connectivity index (χ2v) is 5.95. The van der Waals surface area contributed by atoms with E-state index in [0.29, 0.717) is 5.02 Å². The molecule has 1 aromatic heterocycles. The van der Waals surface area contributed by atoms with Crippen molar-refractivity contribution in [3.63, 3.8) is 0 Å². The zero-order valence-corrected chi connectivity index (χ0v) is 12.4. The Kier molecular flexibility index (Phi) is 2.33. The summed E-state index contributed by atoms with van der Waals surface area (Å²) in [5.41, 5.74) is 1.68. The molecule has 0 atom stereocenters. The molecule has 0 aliphatic heterocycles. The van der Waals surface area contributed by atoms with Crippen LogP contribution in [0.1, 0.15) is 0 Å². The van der Waals surface area contributed by atoms with Gasteiger partial charge in [0.15, 0.2) is 5.58 Å². The number of hydrogen-bond acceptors (Lipinski definition) is 1. The number of para-hydroxylation sites is 1. The monoisotopic (exact) mass is 302 g/mol. The number of benzene rings is 4. The molecule has 1 nitrogen and oxygen atoms in total. The van der Waals surface area contributed by atoms with Crippen LogP contribution < -0.4 is 0 Å². The third-order valence-corrected chi connectivity index (χ3v) is 4.62. The minimum atomic E-state index is 0.655. The van der Waals surface area contributed by atoms with E-state index < -0.39 is 0 Å². The fourth-order valence-electron chi connectivity index (χ4n) is 3.31. The van der Waals surface area contributed by atoms with Crippen LogP contribution in [0.5, 0.6) is 0 Å². The zero-order valence-electron chi connectivity index (χ0n) is 11.6. The Labute approximate surface area is 131 Å². The molecule has 0 unspecified atom stereocenters. The topological polar surface area (TPSA) is 13.1 Å². The number of furan rings is 1. The van der Waals surface area contributed by atoms with Gasteiger partial charge in [-0.15, -0.1) is 0 Å². The van der Waals surface area contributed by atoms with Crippen molar-refractivity contribution in [3.8, 4) is 0 Å². The fraction of sp³-hybridized carbons (Fsp3) is 0. The average Bonchev–Trinajstić information content (AvgIpc) is 2.95. The lowest BCUT2D eigenvalue weighted by Gasteiger charge is -2.04. The summed E-state index contributed by atoms with van der Waals surface area (Å²) in [6.45, 7) is 0.